The van der Waals surface area contributed by atoms with Crippen molar-refractivity contribution in [3.05, 3.63) is 161 Å². The minimum Gasteiger partial charge on any atom is -0.387 e. The van der Waals surface area contributed by atoms with E-state index in [0.717, 1.165) is 120 Å². The predicted molar refractivity (Wildman–Crippen MR) is 290 cm³/mol. The van der Waals surface area contributed by atoms with Gasteiger partial charge in [-0.25, -0.2) is 0 Å². The van der Waals surface area contributed by atoms with Gasteiger partial charge in [-0.1, -0.05) is 123 Å². The number of aliphatic hydroxyl groups is 2. The fraction of sp³-hybridized carbons (Fsp3) is 0.390. The number of anilines is 2. The molecule has 3 heterocycles. The van der Waals surface area contributed by atoms with Crippen molar-refractivity contribution < 1.29 is 24.6 Å². The average Bonchev–Trinajstić information content (AvgIpc) is 4.10. The molecular formula is C59H72N10O5. The molecule has 0 aliphatic heterocycles. The number of nitrogens with zero attached hydrogens (tertiary/aromatic N) is 6. The maximum absolute atomic E-state index is 13.5. The van der Waals surface area contributed by atoms with E-state index in [9.17, 15) is 24.6 Å². The number of carbonyl (C=O) groups is 3. The van der Waals surface area contributed by atoms with Crippen LogP contribution in [0.2, 0.25) is 0 Å². The lowest BCUT2D eigenvalue weighted by molar-refractivity contribution is -0.120. The largest absolute Gasteiger partial charge is 0.387 e. The summed E-state index contributed by atoms with van der Waals surface area (Å²) < 4.78 is 5.25. The molecule has 3 amide bonds. The molecule has 7 N–H and O–H groups in total. The molecule has 7 aromatic rings. The number of hydrogen-bond acceptors (Lipinski definition) is 9. The lowest BCUT2D eigenvalue weighted by atomic mass is 9.83. The molecule has 4 atom stereocenters. The van der Waals surface area contributed by atoms with E-state index < -0.39 is 24.3 Å². The summed E-state index contributed by atoms with van der Waals surface area (Å²) in [6, 6.07) is 36.0. The number of aliphatic hydroxyl groups excluding tert-OH is 2. The molecule has 2 aliphatic carbocycles. The second kappa shape index (κ2) is 24.7. The van der Waals surface area contributed by atoms with Crippen molar-refractivity contribution in [2.75, 3.05) is 10.6 Å². The van der Waals surface area contributed by atoms with Crippen molar-refractivity contribution in [2.24, 2.45) is 24.6 Å². The number of rotatable bonds is 16. The van der Waals surface area contributed by atoms with Gasteiger partial charge in [-0.3, -0.25) is 28.4 Å². The van der Waals surface area contributed by atoms with Crippen LogP contribution in [0, 0.1) is 25.7 Å². The molecule has 15 heteroatoms. The lowest BCUT2D eigenvalue weighted by Crippen LogP contribution is -2.49. The van der Waals surface area contributed by atoms with Gasteiger partial charge >= 0.3 is 0 Å². The summed E-state index contributed by atoms with van der Waals surface area (Å²) in [4.78, 5) is 39.2. The Balaban J connectivity index is 0.000000202. The average molecular weight is 1000 g/mol. The Labute approximate surface area is 434 Å². The highest BCUT2D eigenvalue weighted by Crippen LogP contribution is 2.35. The third-order valence-corrected chi connectivity index (χ3v) is 14.6. The quantitative estimate of drug-likeness (QED) is 0.0544. The number of aryl methyl sites for hydroxylation is 3. The topological polar surface area (TPSA) is 207 Å². The molecule has 0 spiro atoms. The van der Waals surface area contributed by atoms with Crippen LogP contribution in [0.5, 0.6) is 0 Å². The summed E-state index contributed by atoms with van der Waals surface area (Å²) >= 11 is 0. The highest BCUT2D eigenvalue weighted by Gasteiger charge is 2.32. The fourth-order valence-corrected chi connectivity index (χ4v) is 10.8. The van der Waals surface area contributed by atoms with E-state index in [1.165, 1.54) is 11.1 Å². The molecule has 0 bridgehead atoms. The van der Waals surface area contributed by atoms with Gasteiger partial charge in [-0.15, -0.1) is 0 Å². The summed E-state index contributed by atoms with van der Waals surface area (Å²) in [5.74, 6) is -0.306. The summed E-state index contributed by atoms with van der Waals surface area (Å²) in [5.41, 5.74) is 17.2. The van der Waals surface area contributed by atoms with Crippen LogP contribution >= 0.6 is 0 Å². The summed E-state index contributed by atoms with van der Waals surface area (Å²) in [6.07, 6.45) is 10.8. The van der Waals surface area contributed by atoms with Gasteiger partial charge in [0, 0.05) is 35.7 Å². The van der Waals surface area contributed by atoms with E-state index in [2.05, 4.69) is 33.2 Å². The van der Waals surface area contributed by atoms with Crippen molar-refractivity contribution in [3.8, 4) is 22.3 Å². The molecule has 4 aromatic carbocycles. The molecular weight excluding hydrogens is 929 g/mol. The first-order chi connectivity index (χ1) is 35.7. The molecule has 388 valence electrons. The summed E-state index contributed by atoms with van der Waals surface area (Å²) in [5, 5.41) is 43.8. The number of amides is 3. The van der Waals surface area contributed by atoms with Gasteiger partial charge in [0.2, 0.25) is 11.8 Å². The minimum absolute atomic E-state index is 0.0758. The zero-order valence-corrected chi connectivity index (χ0v) is 43.4. The Morgan fingerprint density at radius 3 is 1.46 bits per heavy atom. The first-order valence-corrected chi connectivity index (χ1v) is 26.2. The van der Waals surface area contributed by atoms with Gasteiger partial charge in [0.05, 0.1) is 54.1 Å². The third-order valence-electron chi connectivity index (χ3n) is 14.6. The number of hydrogen-bond donors (Lipinski definition) is 6. The van der Waals surface area contributed by atoms with Gasteiger partial charge < -0.3 is 31.9 Å². The monoisotopic (exact) mass is 1000 g/mol. The van der Waals surface area contributed by atoms with Crippen LogP contribution in [0.3, 0.4) is 0 Å². The maximum Gasteiger partial charge on any atom is 0.270 e. The van der Waals surface area contributed by atoms with Crippen molar-refractivity contribution >= 4 is 29.1 Å². The van der Waals surface area contributed by atoms with Gasteiger partial charge in [-0.2, -0.15) is 15.3 Å². The molecule has 2 saturated carbocycles. The van der Waals surface area contributed by atoms with E-state index in [-0.39, 0.29) is 29.6 Å². The second-order valence-corrected chi connectivity index (χ2v) is 20.1. The Hall–Kier alpha value is -7.20. The van der Waals surface area contributed by atoms with Crippen molar-refractivity contribution in [1.29, 1.82) is 0 Å². The van der Waals surface area contributed by atoms with Crippen molar-refractivity contribution in [1.82, 2.24) is 34.7 Å². The molecule has 3 aromatic heterocycles. The van der Waals surface area contributed by atoms with E-state index in [0.29, 0.717) is 24.5 Å². The molecule has 2 unspecified atom stereocenters. The number of aromatic nitrogens is 6. The molecule has 2 aliphatic rings. The highest BCUT2D eigenvalue weighted by atomic mass is 16.3. The molecule has 15 nitrogen and oxygen atoms in total. The first-order valence-electron chi connectivity index (χ1n) is 26.2. The van der Waals surface area contributed by atoms with Crippen LogP contribution in [0.15, 0.2) is 121 Å². The van der Waals surface area contributed by atoms with Crippen LogP contribution in [0.4, 0.5) is 11.4 Å². The van der Waals surface area contributed by atoms with E-state index in [4.69, 9.17) is 15.9 Å². The van der Waals surface area contributed by atoms with Gasteiger partial charge in [-0.05, 0) is 118 Å². The Bertz CT molecular complexity index is 2950. The van der Waals surface area contributed by atoms with Crippen LogP contribution in [-0.4, -0.2) is 69.4 Å². The molecule has 0 radical (unpaired) electrons. The number of carbonyl (C=O) groups excluding carboxylic acids is 3. The van der Waals surface area contributed by atoms with Crippen LogP contribution < -0.4 is 21.7 Å². The van der Waals surface area contributed by atoms with Crippen molar-refractivity contribution in [2.45, 2.75) is 129 Å². The van der Waals surface area contributed by atoms with Gasteiger partial charge in [0.15, 0.2) is 0 Å². The van der Waals surface area contributed by atoms with Crippen LogP contribution in [0.25, 0.3) is 22.3 Å². The molecule has 9 rings (SSSR count). The molecule has 74 heavy (non-hydrogen) atoms. The SMILES string of the molecule is Cc1nn(Cc2ccccc2)c(C(C)O)c1-c1ccc(NC(=O)[C@@H](N)C2CCCCC2)cc1.Cc1nn(Cc2ccccc2)c(C(C)O)c1-c1ccc(NC(=O)[C@@H](NC(=O)c2ccnn2C)C2CCCCC2)cc1. The number of nitrogens with one attached hydrogen (secondary N) is 3. The number of nitrogens with two attached hydrogens (primary N) is 1. The highest BCUT2D eigenvalue weighted by molar-refractivity contribution is 6.01. The number of benzene rings is 4. The molecule has 2 fully saturated rings. The zero-order chi connectivity index (χ0) is 52.3. The Morgan fingerprint density at radius 2 is 1.04 bits per heavy atom. The van der Waals surface area contributed by atoms with Crippen molar-refractivity contribution in [3.63, 3.8) is 0 Å². The Kier molecular flexibility index (Phi) is 17.7. The minimum atomic E-state index is -0.714. The summed E-state index contributed by atoms with van der Waals surface area (Å²) in [7, 11) is 1.71. The van der Waals surface area contributed by atoms with E-state index >= 15 is 0 Å². The molecule has 0 saturated heterocycles. The lowest BCUT2D eigenvalue weighted by Gasteiger charge is -2.30. The first kappa shape index (κ1) is 53.1. The maximum atomic E-state index is 13.5. The smallest absolute Gasteiger partial charge is 0.270 e. The normalized spacial score (nSPS) is 15.8. The third kappa shape index (κ3) is 12.9. The second-order valence-electron chi connectivity index (χ2n) is 20.1. The Morgan fingerprint density at radius 1 is 0.608 bits per heavy atom. The van der Waals surface area contributed by atoms with Gasteiger partial charge in [0.25, 0.3) is 5.91 Å². The van der Waals surface area contributed by atoms with E-state index in [1.54, 1.807) is 33.2 Å². The van der Waals surface area contributed by atoms with Gasteiger partial charge in [0.1, 0.15) is 11.7 Å². The summed E-state index contributed by atoms with van der Waals surface area (Å²) in [6.45, 7) is 8.57. The standard InChI is InChI=1S/C32H38N6O3.C27H34N4O2/c1-21-28(30(22(2)39)38(36-21)20-23-10-6-4-7-11-23)24-14-16-26(17-15-24)34-32(41)29(25-12-8-5-9-13-25)35-31(40)27-18-19-33-37(27)3;1-18-24(26(19(2)32)31(30-18)17-20-9-5-3-6-10-20)21-13-15-23(16-14-21)29-27(33)25(28)22-11-7-4-8-12-22/h4,6-7,10-11,14-19,22,25,29,39H,5,8-9,12-13,20H2,1-3H3,(H,34,41)(H,35,40);3,5-6,9-10,13-16,19,22,25,32H,4,7-8,11-12,17,28H2,1-2H3,(H,29,33)/t22?,29-;19?,25-/m00/s1. The zero-order valence-electron chi connectivity index (χ0n) is 43.4. The van der Waals surface area contributed by atoms with Crippen LogP contribution in [-0.2, 0) is 29.7 Å². The van der Waals surface area contributed by atoms with E-state index in [1.807, 2.05) is 120 Å². The van der Waals surface area contributed by atoms with Crippen LogP contribution in [0.1, 0.15) is 135 Å². The fourth-order valence-electron chi connectivity index (χ4n) is 10.8. The predicted octanol–water partition coefficient (Wildman–Crippen LogP) is 9.82.